The lowest BCUT2D eigenvalue weighted by Crippen LogP contribution is -2.39. The first-order valence-electron chi connectivity index (χ1n) is 11.3. The van der Waals surface area contributed by atoms with Gasteiger partial charge in [-0.3, -0.25) is 4.79 Å². The number of rotatable bonds is 12. The molecule has 0 atom stereocenters. The van der Waals surface area contributed by atoms with Crippen molar-refractivity contribution in [1.29, 1.82) is 0 Å². The molecule has 0 saturated heterocycles. The number of nitrogens with one attached hydrogen (secondary N) is 1. The standard InChI is InChI=1S/C27H28BrN3O5S/c1-4-15-36-25-14-9-22(16-26(25)35-3)17-29-30-27(32)19-31(18-21-7-10-23(28)11-8-21)37(33,34)24-12-5-20(2)6-13-24/h4-14,16-17H,1,15,18-19H2,2-3H3,(H,30,32)/b29-17-. The van der Waals surface area contributed by atoms with Crippen LogP contribution < -0.4 is 14.9 Å². The molecule has 0 aromatic heterocycles. The van der Waals surface area contributed by atoms with E-state index in [0.717, 1.165) is 19.9 Å². The monoisotopic (exact) mass is 585 g/mol. The van der Waals surface area contributed by atoms with Gasteiger partial charge in [0.25, 0.3) is 5.91 Å². The van der Waals surface area contributed by atoms with Crippen LogP contribution in [-0.4, -0.2) is 45.1 Å². The van der Waals surface area contributed by atoms with E-state index >= 15 is 0 Å². The number of carbonyl (C=O) groups is 1. The number of carbonyl (C=O) groups excluding carboxylic acids is 1. The summed E-state index contributed by atoms with van der Waals surface area (Å²) in [6.45, 7) is 5.43. The minimum atomic E-state index is -3.95. The van der Waals surface area contributed by atoms with E-state index in [1.165, 1.54) is 25.5 Å². The second kappa shape index (κ2) is 13.2. The quantitative estimate of drug-likeness (QED) is 0.189. The lowest BCUT2D eigenvalue weighted by molar-refractivity contribution is -0.121. The van der Waals surface area contributed by atoms with Crippen molar-refractivity contribution >= 4 is 38.1 Å². The van der Waals surface area contributed by atoms with Crippen molar-refractivity contribution in [3.63, 3.8) is 0 Å². The van der Waals surface area contributed by atoms with Gasteiger partial charge in [0.1, 0.15) is 6.61 Å². The lowest BCUT2D eigenvalue weighted by atomic mass is 10.2. The number of hydrazone groups is 1. The van der Waals surface area contributed by atoms with Gasteiger partial charge in [-0.05, 0) is 60.5 Å². The van der Waals surface area contributed by atoms with Gasteiger partial charge in [-0.15, -0.1) is 0 Å². The molecule has 3 aromatic rings. The van der Waals surface area contributed by atoms with Gasteiger partial charge in [0.05, 0.1) is 24.8 Å². The van der Waals surface area contributed by atoms with E-state index in [2.05, 4.69) is 33.0 Å². The number of methoxy groups -OCH3 is 1. The summed E-state index contributed by atoms with van der Waals surface area (Å²) in [5, 5.41) is 3.98. The van der Waals surface area contributed by atoms with E-state index in [4.69, 9.17) is 9.47 Å². The van der Waals surface area contributed by atoms with Gasteiger partial charge >= 0.3 is 0 Å². The number of halogens is 1. The molecule has 1 amide bonds. The molecule has 0 radical (unpaired) electrons. The molecule has 8 nitrogen and oxygen atoms in total. The topological polar surface area (TPSA) is 97.3 Å². The normalized spacial score (nSPS) is 11.5. The Morgan fingerprint density at radius 1 is 1.08 bits per heavy atom. The zero-order valence-corrected chi connectivity index (χ0v) is 23.0. The minimum absolute atomic E-state index is 0.0179. The number of sulfonamides is 1. The zero-order valence-electron chi connectivity index (χ0n) is 20.6. The summed E-state index contributed by atoms with van der Waals surface area (Å²) in [5.74, 6) is 0.470. The third-order valence-electron chi connectivity index (χ3n) is 5.20. The highest BCUT2D eigenvalue weighted by molar-refractivity contribution is 9.10. The Labute approximate surface area is 225 Å². The van der Waals surface area contributed by atoms with E-state index in [0.29, 0.717) is 23.7 Å². The Bertz CT molecular complexity index is 1360. The van der Waals surface area contributed by atoms with E-state index in [-0.39, 0.29) is 11.4 Å². The summed E-state index contributed by atoms with van der Waals surface area (Å²) < 4.78 is 39.6. The number of aryl methyl sites for hydroxylation is 1. The minimum Gasteiger partial charge on any atom is -0.493 e. The number of nitrogens with zero attached hydrogens (tertiary/aromatic N) is 2. The Kier molecular flexibility index (Phi) is 10.0. The van der Waals surface area contributed by atoms with Crippen LogP contribution in [0.2, 0.25) is 0 Å². The van der Waals surface area contributed by atoms with E-state index < -0.39 is 22.5 Å². The van der Waals surface area contributed by atoms with E-state index in [1.807, 2.05) is 19.1 Å². The molecule has 0 fully saturated rings. The number of hydrogen-bond acceptors (Lipinski definition) is 6. The Morgan fingerprint density at radius 3 is 2.43 bits per heavy atom. The van der Waals surface area contributed by atoms with Crippen LogP contribution in [-0.2, 0) is 21.4 Å². The van der Waals surface area contributed by atoms with Crippen molar-refractivity contribution < 1.29 is 22.7 Å². The Morgan fingerprint density at radius 2 is 1.78 bits per heavy atom. The van der Waals surface area contributed by atoms with Crippen LogP contribution in [0.5, 0.6) is 11.5 Å². The molecule has 0 aliphatic rings. The molecule has 0 unspecified atom stereocenters. The fourth-order valence-electron chi connectivity index (χ4n) is 3.29. The van der Waals surface area contributed by atoms with E-state index in [1.54, 1.807) is 48.5 Å². The summed E-state index contributed by atoms with van der Waals surface area (Å²) in [4.78, 5) is 12.8. The maximum Gasteiger partial charge on any atom is 0.255 e. The van der Waals surface area contributed by atoms with Crippen LogP contribution in [0.25, 0.3) is 0 Å². The highest BCUT2D eigenvalue weighted by atomic mass is 79.9. The fourth-order valence-corrected chi connectivity index (χ4v) is 4.93. The average Bonchev–Trinajstić information content (AvgIpc) is 2.88. The summed E-state index contributed by atoms with van der Waals surface area (Å²) in [6.07, 6.45) is 3.06. The molecule has 3 rings (SSSR count). The summed E-state index contributed by atoms with van der Waals surface area (Å²) in [5.41, 5.74) is 4.73. The van der Waals surface area contributed by atoms with Gasteiger partial charge in [0.15, 0.2) is 11.5 Å². The molecule has 0 spiro atoms. The van der Waals surface area contributed by atoms with Crippen LogP contribution >= 0.6 is 15.9 Å². The van der Waals surface area contributed by atoms with Crippen LogP contribution in [0.1, 0.15) is 16.7 Å². The van der Waals surface area contributed by atoms with Crippen LogP contribution in [0.3, 0.4) is 0 Å². The molecule has 0 aliphatic carbocycles. The van der Waals surface area contributed by atoms with Gasteiger partial charge in [-0.1, -0.05) is 58.4 Å². The van der Waals surface area contributed by atoms with Gasteiger partial charge in [0, 0.05) is 11.0 Å². The Balaban J connectivity index is 1.75. The smallest absolute Gasteiger partial charge is 0.255 e. The first-order chi connectivity index (χ1) is 17.7. The number of benzene rings is 3. The summed E-state index contributed by atoms with van der Waals surface area (Å²) in [6, 6.07) is 18.9. The van der Waals surface area contributed by atoms with Crippen LogP contribution in [0.15, 0.2) is 93.9 Å². The van der Waals surface area contributed by atoms with Gasteiger partial charge < -0.3 is 9.47 Å². The summed E-state index contributed by atoms with van der Waals surface area (Å²) in [7, 11) is -2.43. The van der Waals surface area contributed by atoms with Crippen molar-refractivity contribution in [2.24, 2.45) is 5.10 Å². The molecule has 1 N–H and O–H groups in total. The lowest BCUT2D eigenvalue weighted by Gasteiger charge is -2.21. The van der Waals surface area contributed by atoms with Crippen molar-refractivity contribution in [3.05, 3.63) is 101 Å². The third kappa shape index (κ3) is 8.01. The second-order valence-electron chi connectivity index (χ2n) is 8.02. The fraction of sp³-hybridized carbons (Fsp3) is 0.185. The maximum absolute atomic E-state index is 13.4. The number of ether oxygens (including phenoxy) is 2. The van der Waals surface area contributed by atoms with E-state index in [9.17, 15) is 13.2 Å². The SMILES string of the molecule is C=CCOc1ccc(/C=N\NC(=O)CN(Cc2ccc(Br)cc2)S(=O)(=O)c2ccc(C)cc2)cc1OC. The molecular weight excluding hydrogens is 558 g/mol. The molecular formula is C27H28BrN3O5S. The predicted octanol–water partition coefficient (Wildman–Crippen LogP) is 4.67. The Hall–Kier alpha value is -3.47. The molecule has 0 bridgehead atoms. The highest BCUT2D eigenvalue weighted by Crippen LogP contribution is 2.27. The molecule has 0 aliphatic heterocycles. The van der Waals surface area contributed by atoms with Crippen molar-refractivity contribution in [3.8, 4) is 11.5 Å². The van der Waals surface area contributed by atoms with Gasteiger partial charge in [-0.2, -0.15) is 9.41 Å². The van der Waals surface area contributed by atoms with Crippen molar-refractivity contribution in [1.82, 2.24) is 9.73 Å². The summed E-state index contributed by atoms with van der Waals surface area (Å²) >= 11 is 3.38. The molecule has 194 valence electrons. The second-order valence-corrected chi connectivity index (χ2v) is 10.9. The molecule has 37 heavy (non-hydrogen) atoms. The molecule has 10 heteroatoms. The molecule has 0 saturated carbocycles. The van der Waals surface area contributed by atoms with Crippen LogP contribution in [0.4, 0.5) is 0 Å². The third-order valence-corrected chi connectivity index (χ3v) is 7.53. The predicted molar refractivity (Wildman–Crippen MR) is 147 cm³/mol. The number of amides is 1. The zero-order chi connectivity index (χ0) is 26.8. The highest BCUT2D eigenvalue weighted by Gasteiger charge is 2.27. The maximum atomic E-state index is 13.4. The molecule has 0 heterocycles. The van der Waals surface area contributed by atoms with Crippen molar-refractivity contribution in [2.75, 3.05) is 20.3 Å². The first-order valence-corrected chi connectivity index (χ1v) is 13.5. The van der Waals surface area contributed by atoms with Gasteiger partial charge in [-0.25, -0.2) is 13.8 Å². The molecule has 3 aromatic carbocycles. The van der Waals surface area contributed by atoms with Crippen LogP contribution in [0, 0.1) is 6.92 Å². The number of hydrogen-bond donors (Lipinski definition) is 1. The average molecular weight is 587 g/mol. The first kappa shape index (κ1) is 28.1. The largest absolute Gasteiger partial charge is 0.493 e. The van der Waals surface area contributed by atoms with Gasteiger partial charge in [0.2, 0.25) is 10.0 Å². The van der Waals surface area contributed by atoms with Crippen molar-refractivity contribution in [2.45, 2.75) is 18.4 Å².